The fraction of sp³-hybridized carbons (Fsp3) is 0.778. The number of rotatable bonds is 1. The molecule has 1 spiro atoms. The third kappa shape index (κ3) is 1.08. The van der Waals surface area contributed by atoms with Crippen LogP contribution in [-0.4, -0.2) is 12.3 Å². The molecule has 1 fully saturated rings. The van der Waals surface area contributed by atoms with Crippen LogP contribution in [-0.2, 0) is 9.47 Å². The standard InChI is InChI=1S/C9H15NO2/c10-7-8-3-1-2-4-9(8)11-5-6-12-9/h5-6,8H,1-4,7,10H2. The Hall–Kier alpha value is -0.700. The lowest BCUT2D eigenvalue weighted by Crippen LogP contribution is -2.45. The van der Waals surface area contributed by atoms with E-state index in [9.17, 15) is 0 Å². The summed E-state index contributed by atoms with van der Waals surface area (Å²) in [7, 11) is 0. The summed E-state index contributed by atoms with van der Waals surface area (Å²) in [5.41, 5.74) is 5.67. The zero-order chi connectivity index (χ0) is 8.44. The molecule has 0 aromatic carbocycles. The van der Waals surface area contributed by atoms with Crippen molar-refractivity contribution < 1.29 is 9.47 Å². The van der Waals surface area contributed by atoms with Crippen LogP contribution in [0.5, 0.6) is 0 Å². The molecule has 1 atom stereocenters. The third-order valence-corrected chi connectivity index (χ3v) is 2.82. The molecule has 68 valence electrons. The lowest BCUT2D eigenvalue weighted by molar-refractivity contribution is -0.196. The molecule has 1 heterocycles. The van der Waals surface area contributed by atoms with Gasteiger partial charge < -0.3 is 15.2 Å². The van der Waals surface area contributed by atoms with E-state index in [4.69, 9.17) is 15.2 Å². The summed E-state index contributed by atoms with van der Waals surface area (Å²) >= 11 is 0. The normalized spacial score (nSPS) is 31.6. The van der Waals surface area contributed by atoms with Gasteiger partial charge in [0, 0.05) is 18.9 Å². The number of hydrogen-bond acceptors (Lipinski definition) is 3. The van der Waals surface area contributed by atoms with E-state index in [-0.39, 0.29) is 0 Å². The SMILES string of the molecule is NCC1CCCCC12OC=CO2. The van der Waals surface area contributed by atoms with Crippen molar-refractivity contribution in [1.82, 2.24) is 0 Å². The summed E-state index contributed by atoms with van der Waals surface area (Å²) in [5.74, 6) is -0.0336. The van der Waals surface area contributed by atoms with Gasteiger partial charge in [-0.15, -0.1) is 0 Å². The molecular weight excluding hydrogens is 154 g/mol. The van der Waals surface area contributed by atoms with Crippen molar-refractivity contribution in [1.29, 1.82) is 0 Å². The molecule has 1 aliphatic heterocycles. The lowest BCUT2D eigenvalue weighted by atomic mass is 9.83. The van der Waals surface area contributed by atoms with E-state index in [2.05, 4.69) is 0 Å². The molecular formula is C9H15NO2. The Morgan fingerprint density at radius 1 is 1.33 bits per heavy atom. The van der Waals surface area contributed by atoms with Gasteiger partial charge in [0.2, 0.25) is 0 Å². The smallest absolute Gasteiger partial charge is 0.253 e. The highest BCUT2D eigenvalue weighted by molar-refractivity contribution is 4.92. The molecule has 3 nitrogen and oxygen atoms in total. The van der Waals surface area contributed by atoms with Gasteiger partial charge in [0.05, 0.1) is 0 Å². The Bertz CT molecular complexity index is 183. The minimum absolute atomic E-state index is 0.362. The minimum Gasteiger partial charge on any atom is -0.456 e. The van der Waals surface area contributed by atoms with Gasteiger partial charge in [-0.3, -0.25) is 0 Å². The number of hydrogen-bond donors (Lipinski definition) is 1. The van der Waals surface area contributed by atoms with E-state index in [0.29, 0.717) is 12.5 Å². The molecule has 12 heavy (non-hydrogen) atoms. The van der Waals surface area contributed by atoms with E-state index in [1.54, 1.807) is 12.5 Å². The molecule has 3 heteroatoms. The van der Waals surface area contributed by atoms with Crippen molar-refractivity contribution in [3.8, 4) is 0 Å². The van der Waals surface area contributed by atoms with E-state index in [1.165, 1.54) is 12.8 Å². The molecule has 2 rings (SSSR count). The Morgan fingerprint density at radius 2 is 2.08 bits per heavy atom. The first-order valence-electron chi connectivity index (χ1n) is 4.58. The fourth-order valence-corrected chi connectivity index (χ4v) is 2.11. The number of nitrogens with two attached hydrogens (primary N) is 1. The predicted octanol–water partition coefficient (Wildman–Crippen LogP) is 1.35. The molecule has 1 saturated carbocycles. The van der Waals surface area contributed by atoms with Crippen LogP contribution in [0.3, 0.4) is 0 Å². The predicted molar refractivity (Wildman–Crippen MR) is 45.1 cm³/mol. The van der Waals surface area contributed by atoms with Crippen LogP contribution in [0.25, 0.3) is 0 Å². The Labute approximate surface area is 72.5 Å². The molecule has 1 unspecified atom stereocenters. The van der Waals surface area contributed by atoms with Crippen LogP contribution < -0.4 is 5.73 Å². The molecule has 0 radical (unpaired) electrons. The quantitative estimate of drug-likeness (QED) is 0.644. The first kappa shape index (κ1) is 7.92. The maximum atomic E-state index is 5.67. The van der Waals surface area contributed by atoms with Crippen LogP contribution in [0.4, 0.5) is 0 Å². The van der Waals surface area contributed by atoms with E-state index in [1.807, 2.05) is 0 Å². The third-order valence-electron chi connectivity index (χ3n) is 2.82. The van der Waals surface area contributed by atoms with Crippen molar-refractivity contribution in [2.45, 2.75) is 31.5 Å². The van der Waals surface area contributed by atoms with E-state index >= 15 is 0 Å². The van der Waals surface area contributed by atoms with Gasteiger partial charge in [0.1, 0.15) is 12.5 Å². The van der Waals surface area contributed by atoms with Crippen LogP contribution in [0, 0.1) is 5.92 Å². The number of ether oxygens (including phenoxy) is 2. The van der Waals surface area contributed by atoms with Crippen molar-refractivity contribution in [3.63, 3.8) is 0 Å². The summed E-state index contributed by atoms with van der Waals surface area (Å²) in [6, 6.07) is 0. The van der Waals surface area contributed by atoms with E-state index < -0.39 is 5.79 Å². The second-order valence-electron chi connectivity index (χ2n) is 3.50. The van der Waals surface area contributed by atoms with Crippen molar-refractivity contribution in [2.24, 2.45) is 11.7 Å². The fourth-order valence-electron chi connectivity index (χ4n) is 2.11. The highest BCUT2D eigenvalue weighted by atomic mass is 16.7. The molecule has 0 aromatic rings. The summed E-state index contributed by atoms with van der Waals surface area (Å²) in [6.07, 6.45) is 7.79. The maximum Gasteiger partial charge on any atom is 0.253 e. The molecule has 1 aliphatic carbocycles. The Morgan fingerprint density at radius 3 is 2.75 bits per heavy atom. The van der Waals surface area contributed by atoms with Gasteiger partial charge in [0.25, 0.3) is 5.79 Å². The maximum absolute atomic E-state index is 5.67. The van der Waals surface area contributed by atoms with Crippen molar-refractivity contribution in [3.05, 3.63) is 12.5 Å². The topological polar surface area (TPSA) is 44.5 Å². The van der Waals surface area contributed by atoms with Crippen LogP contribution in [0.15, 0.2) is 12.5 Å². The zero-order valence-corrected chi connectivity index (χ0v) is 7.16. The van der Waals surface area contributed by atoms with Crippen LogP contribution in [0.1, 0.15) is 25.7 Å². The average molecular weight is 169 g/mol. The van der Waals surface area contributed by atoms with Gasteiger partial charge in [-0.2, -0.15) is 0 Å². The van der Waals surface area contributed by atoms with Crippen molar-refractivity contribution in [2.75, 3.05) is 6.54 Å². The molecule has 0 bridgehead atoms. The van der Waals surface area contributed by atoms with Crippen molar-refractivity contribution >= 4 is 0 Å². The molecule has 0 aromatic heterocycles. The van der Waals surface area contributed by atoms with Gasteiger partial charge >= 0.3 is 0 Å². The lowest BCUT2D eigenvalue weighted by Gasteiger charge is -2.38. The van der Waals surface area contributed by atoms with Gasteiger partial charge in [0.15, 0.2) is 0 Å². The largest absolute Gasteiger partial charge is 0.456 e. The summed E-state index contributed by atoms with van der Waals surface area (Å²) < 4.78 is 11.0. The highest BCUT2D eigenvalue weighted by Gasteiger charge is 2.45. The monoisotopic (exact) mass is 169 g/mol. The molecule has 2 N–H and O–H groups in total. The first-order chi connectivity index (χ1) is 5.87. The second kappa shape index (κ2) is 2.98. The van der Waals surface area contributed by atoms with E-state index in [0.717, 1.165) is 12.8 Å². The highest BCUT2D eigenvalue weighted by Crippen LogP contribution is 2.40. The van der Waals surface area contributed by atoms with Crippen LogP contribution in [0.2, 0.25) is 0 Å². The summed E-state index contributed by atoms with van der Waals surface area (Å²) in [6.45, 7) is 0.654. The van der Waals surface area contributed by atoms with Gasteiger partial charge in [-0.1, -0.05) is 6.42 Å². The molecule has 2 aliphatic rings. The van der Waals surface area contributed by atoms with Crippen LogP contribution >= 0.6 is 0 Å². The Balaban J connectivity index is 2.09. The first-order valence-corrected chi connectivity index (χ1v) is 4.58. The molecule has 0 amide bonds. The zero-order valence-electron chi connectivity index (χ0n) is 7.16. The summed E-state index contributed by atoms with van der Waals surface area (Å²) in [4.78, 5) is 0. The Kier molecular flexibility index (Phi) is 1.97. The average Bonchev–Trinajstić information content (AvgIpc) is 2.55. The van der Waals surface area contributed by atoms with Gasteiger partial charge in [-0.05, 0) is 12.8 Å². The summed E-state index contributed by atoms with van der Waals surface area (Å²) in [5, 5.41) is 0. The molecule has 0 saturated heterocycles. The minimum atomic E-state index is -0.396. The second-order valence-corrected chi connectivity index (χ2v) is 3.50. The van der Waals surface area contributed by atoms with Gasteiger partial charge in [-0.25, -0.2) is 0 Å².